The van der Waals surface area contributed by atoms with Crippen molar-refractivity contribution in [3.63, 3.8) is 0 Å². The molecular formula is C18H14N2O4S. The molecule has 0 fully saturated rings. The maximum atomic E-state index is 12.4. The van der Waals surface area contributed by atoms with Crippen LogP contribution >= 0.6 is 11.8 Å². The number of anilines is 1. The Morgan fingerprint density at radius 3 is 2.36 bits per heavy atom. The number of benzene rings is 2. The number of ether oxygens (including phenoxy) is 1. The second-order valence-electron chi connectivity index (χ2n) is 5.20. The van der Waals surface area contributed by atoms with Gasteiger partial charge >= 0.3 is 5.97 Å². The van der Waals surface area contributed by atoms with Crippen LogP contribution in [-0.4, -0.2) is 29.8 Å². The number of rotatable bonds is 3. The van der Waals surface area contributed by atoms with E-state index in [4.69, 9.17) is 0 Å². The zero-order valence-electron chi connectivity index (χ0n) is 13.6. The lowest BCUT2D eigenvalue weighted by Gasteiger charge is -2.16. The van der Waals surface area contributed by atoms with Gasteiger partial charge in [-0.05, 0) is 36.4 Å². The van der Waals surface area contributed by atoms with Gasteiger partial charge in [-0.2, -0.15) is 10.1 Å². The predicted molar refractivity (Wildman–Crippen MR) is 95.0 cm³/mol. The summed E-state index contributed by atoms with van der Waals surface area (Å²) in [7, 11) is 1.30. The minimum absolute atomic E-state index is 0.210. The lowest BCUT2D eigenvalue weighted by Crippen LogP contribution is -2.25. The molecular weight excluding hydrogens is 340 g/mol. The SMILES string of the molecule is COC(=O)c1ccc(N(/N=C2/Sc3ccccc3C2=O)C(C)=O)cc1. The van der Waals surface area contributed by atoms with E-state index in [9.17, 15) is 14.4 Å². The Bertz CT molecular complexity index is 890. The fourth-order valence-electron chi connectivity index (χ4n) is 2.33. The second kappa shape index (κ2) is 6.90. The molecule has 126 valence electrons. The lowest BCUT2D eigenvalue weighted by atomic mass is 10.1. The molecule has 1 heterocycles. The van der Waals surface area contributed by atoms with Gasteiger partial charge in [0.1, 0.15) is 0 Å². The van der Waals surface area contributed by atoms with Gasteiger partial charge in [0.2, 0.25) is 11.7 Å². The molecule has 1 aliphatic heterocycles. The first-order chi connectivity index (χ1) is 12.0. The van der Waals surface area contributed by atoms with Gasteiger partial charge in [-0.15, -0.1) is 0 Å². The molecule has 2 aromatic carbocycles. The van der Waals surface area contributed by atoms with Crippen LogP contribution in [0.2, 0.25) is 0 Å². The van der Waals surface area contributed by atoms with Gasteiger partial charge in [-0.1, -0.05) is 23.9 Å². The van der Waals surface area contributed by atoms with Crippen molar-refractivity contribution < 1.29 is 19.1 Å². The monoisotopic (exact) mass is 354 g/mol. The Morgan fingerprint density at radius 1 is 1.08 bits per heavy atom. The number of ketones is 1. The van der Waals surface area contributed by atoms with Gasteiger partial charge in [0.15, 0.2) is 5.04 Å². The van der Waals surface area contributed by atoms with Crippen molar-refractivity contribution in [3.8, 4) is 0 Å². The van der Waals surface area contributed by atoms with Crippen molar-refractivity contribution in [1.82, 2.24) is 0 Å². The number of hydrogen-bond acceptors (Lipinski definition) is 6. The van der Waals surface area contributed by atoms with Gasteiger partial charge in [0.25, 0.3) is 0 Å². The number of nitrogens with zero attached hydrogens (tertiary/aromatic N) is 2. The number of Topliss-reactive ketones (excluding diaryl/α,β-unsaturated/α-hetero) is 1. The van der Waals surface area contributed by atoms with Crippen LogP contribution < -0.4 is 5.01 Å². The summed E-state index contributed by atoms with van der Waals surface area (Å²) in [4.78, 5) is 36.7. The summed E-state index contributed by atoms with van der Waals surface area (Å²) in [5, 5.41) is 5.61. The second-order valence-corrected chi connectivity index (χ2v) is 6.23. The van der Waals surface area contributed by atoms with E-state index in [-0.39, 0.29) is 16.7 Å². The maximum absolute atomic E-state index is 12.4. The number of hydrazone groups is 1. The standard InChI is InChI=1S/C18H14N2O4S/c1-11(21)20(13-9-7-12(8-10-13)18(23)24-2)19-17-16(22)14-5-3-4-6-15(14)25-17/h3-10H,1-2H3/b19-17+. The number of esters is 1. The first-order valence-corrected chi connectivity index (χ1v) is 8.22. The van der Waals surface area contributed by atoms with Gasteiger partial charge in [-0.3, -0.25) is 9.59 Å². The first kappa shape index (κ1) is 16.9. The highest BCUT2D eigenvalue weighted by atomic mass is 32.2. The molecule has 25 heavy (non-hydrogen) atoms. The molecule has 0 unspecified atom stereocenters. The molecule has 0 saturated heterocycles. The number of hydrogen-bond donors (Lipinski definition) is 0. The Morgan fingerprint density at radius 2 is 1.76 bits per heavy atom. The third kappa shape index (κ3) is 3.32. The van der Waals surface area contributed by atoms with E-state index in [1.165, 1.54) is 37.9 Å². The number of carbonyl (C=O) groups is 3. The molecule has 3 rings (SSSR count). The smallest absolute Gasteiger partial charge is 0.337 e. The Kier molecular flexibility index (Phi) is 4.67. The summed E-state index contributed by atoms with van der Waals surface area (Å²) in [6, 6.07) is 13.4. The normalized spacial score (nSPS) is 14.3. The van der Waals surface area contributed by atoms with Crippen LogP contribution in [0.1, 0.15) is 27.6 Å². The topological polar surface area (TPSA) is 76.0 Å². The number of carbonyl (C=O) groups excluding carboxylic acids is 3. The van der Waals surface area contributed by atoms with Gasteiger partial charge in [-0.25, -0.2) is 4.79 Å². The van der Waals surface area contributed by atoms with Crippen molar-refractivity contribution in [2.45, 2.75) is 11.8 Å². The summed E-state index contributed by atoms with van der Waals surface area (Å²) in [5.41, 5.74) is 1.40. The molecule has 7 heteroatoms. The van der Waals surface area contributed by atoms with E-state index in [1.807, 2.05) is 12.1 Å². The Balaban J connectivity index is 1.92. The van der Waals surface area contributed by atoms with Gasteiger partial charge < -0.3 is 4.74 Å². The van der Waals surface area contributed by atoms with Crippen molar-refractivity contribution in [2.24, 2.45) is 5.10 Å². The summed E-state index contributed by atoms with van der Waals surface area (Å²) >= 11 is 1.23. The molecule has 0 N–H and O–H groups in total. The molecule has 0 aromatic heterocycles. The third-order valence-electron chi connectivity index (χ3n) is 3.55. The van der Waals surface area contributed by atoms with E-state index >= 15 is 0 Å². The van der Waals surface area contributed by atoms with Crippen molar-refractivity contribution in [3.05, 3.63) is 59.7 Å². The van der Waals surface area contributed by atoms with Crippen LogP contribution in [0.15, 0.2) is 58.5 Å². The van der Waals surface area contributed by atoms with E-state index in [1.54, 1.807) is 24.3 Å². The first-order valence-electron chi connectivity index (χ1n) is 7.40. The third-order valence-corrected chi connectivity index (χ3v) is 4.59. The summed E-state index contributed by atoms with van der Waals surface area (Å²) < 4.78 is 4.65. The fraction of sp³-hybridized carbons (Fsp3) is 0.111. The van der Waals surface area contributed by atoms with Crippen LogP contribution in [0, 0.1) is 0 Å². The van der Waals surface area contributed by atoms with Crippen LogP contribution in [0.5, 0.6) is 0 Å². The number of amides is 1. The minimum Gasteiger partial charge on any atom is -0.465 e. The molecule has 0 atom stereocenters. The van der Waals surface area contributed by atoms with E-state index < -0.39 is 5.97 Å². The summed E-state index contributed by atoms with van der Waals surface area (Å²) in [5.74, 6) is -1.02. The molecule has 0 bridgehead atoms. The molecule has 0 aliphatic carbocycles. The minimum atomic E-state index is -0.468. The molecule has 2 aromatic rings. The van der Waals surface area contributed by atoms with Crippen LogP contribution in [0.25, 0.3) is 0 Å². The van der Waals surface area contributed by atoms with Crippen LogP contribution in [-0.2, 0) is 9.53 Å². The molecule has 1 aliphatic rings. The van der Waals surface area contributed by atoms with Gasteiger partial charge in [0.05, 0.1) is 18.4 Å². The van der Waals surface area contributed by atoms with Gasteiger partial charge in [0, 0.05) is 17.4 Å². The molecule has 0 saturated carbocycles. The van der Waals surface area contributed by atoms with E-state index in [0.717, 1.165) is 9.90 Å². The highest BCUT2D eigenvalue weighted by molar-refractivity contribution is 8.16. The van der Waals surface area contributed by atoms with Crippen molar-refractivity contribution in [1.29, 1.82) is 0 Å². The molecule has 0 spiro atoms. The molecule has 6 nitrogen and oxygen atoms in total. The highest BCUT2D eigenvalue weighted by Gasteiger charge is 2.28. The fourth-order valence-corrected chi connectivity index (χ4v) is 3.28. The number of methoxy groups -OCH3 is 1. The van der Waals surface area contributed by atoms with Crippen LogP contribution in [0.3, 0.4) is 0 Å². The average molecular weight is 354 g/mol. The van der Waals surface area contributed by atoms with Crippen molar-refractivity contribution >= 4 is 40.2 Å². The summed E-state index contributed by atoms with van der Waals surface area (Å²) in [6.45, 7) is 1.36. The van der Waals surface area contributed by atoms with Crippen molar-refractivity contribution in [2.75, 3.05) is 12.1 Å². The Hall–Kier alpha value is -2.93. The molecule has 1 amide bonds. The van der Waals surface area contributed by atoms with E-state index in [0.29, 0.717) is 16.8 Å². The highest BCUT2D eigenvalue weighted by Crippen LogP contribution is 2.33. The average Bonchev–Trinajstić information content (AvgIpc) is 2.95. The predicted octanol–water partition coefficient (Wildman–Crippen LogP) is 3.13. The maximum Gasteiger partial charge on any atom is 0.337 e. The molecule has 0 radical (unpaired) electrons. The number of fused-ring (bicyclic) bond motifs is 1. The largest absolute Gasteiger partial charge is 0.465 e. The quantitative estimate of drug-likeness (QED) is 0.625. The van der Waals surface area contributed by atoms with Crippen LogP contribution in [0.4, 0.5) is 5.69 Å². The van der Waals surface area contributed by atoms with E-state index in [2.05, 4.69) is 9.84 Å². The summed E-state index contributed by atoms with van der Waals surface area (Å²) in [6.07, 6.45) is 0. The Labute approximate surface area is 148 Å². The lowest BCUT2D eigenvalue weighted by molar-refractivity contribution is -0.116. The zero-order chi connectivity index (χ0) is 18.0. The zero-order valence-corrected chi connectivity index (χ0v) is 14.4. The number of thioether (sulfide) groups is 1.